The quantitative estimate of drug-likeness (QED) is 0.321. The summed E-state index contributed by atoms with van der Waals surface area (Å²) >= 11 is 1.41. The second-order valence-corrected chi connectivity index (χ2v) is 11.2. The maximum absolute atomic E-state index is 13.3. The van der Waals surface area contributed by atoms with E-state index in [1.807, 2.05) is 66.9 Å². The number of hydrogen-bond acceptors (Lipinski definition) is 6. The maximum Gasteiger partial charge on any atom is 0.411 e. The second kappa shape index (κ2) is 10.2. The first-order chi connectivity index (χ1) is 18.2. The molecular formula is C30H31N3O4S. The van der Waals surface area contributed by atoms with Crippen molar-refractivity contribution in [3.05, 3.63) is 106 Å². The summed E-state index contributed by atoms with van der Waals surface area (Å²) in [5, 5.41) is 13.2. The Morgan fingerprint density at radius 2 is 1.76 bits per heavy atom. The summed E-state index contributed by atoms with van der Waals surface area (Å²) in [4.78, 5) is 31.8. The third-order valence-electron chi connectivity index (χ3n) is 6.97. The van der Waals surface area contributed by atoms with Crippen LogP contribution in [0.15, 0.2) is 89.2 Å². The normalized spacial score (nSPS) is 18.7. The first-order valence-electron chi connectivity index (χ1n) is 12.7. The zero-order valence-electron chi connectivity index (χ0n) is 21.7. The van der Waals surface area contributed by atoms with Gasteiger partial charge in [0.05, 0.1) is 17.3 Å². The van der Waals surface area contributed by atoms with Gasteiger partial charge in [0.25, 0.3) is 5.56 Å². The highest BCUT2D eigenvalue weighted by molar-refractivity contribution is 7.12. The molecule has 5 rings (SSSR count). The van der Waals surface area contributed by atoms with Gasteiger partial charge < -0.3 is 14.7 Å². The van der Waals surface area contributed by atoms with Crippen molar-refractivity contribution in [2.75, 3.05) is 6.54 Å². The molecule has 0 radical (unpaired) electrons. The number of hydrogen-bond donors (Lipinski definition) is 1. The number of ether oxygens (including phenoxy) is 1. The molecule has 0 spiro atoms. The van der Waals surface area contributed by atoms with E-state index in [4.69, 9.17) is 4.74 Å². The summed E-state index contributed by atoms with van der Waals surface area (Å²) in [6.45, 7) is 5.98. The number of aromatic nitrogens is 2. The lowest BCUT2D eigenvalue weighted by molar-refractivity contribution is -0.101. The Labute approximate surface area is 226 Å². The molecule has 2 atom stereocenters. The number of rotatable bonds is 7. The van der Waals surface area contributed by atoms with Crippen molar-refractivity contribution < 1.29 is 14.6 Å². The third-order valence-corrected chi connectivity index (χ3v) is 7.81. The van der Waals surface area contributed by atoms with Crippen LogP contribution in [0.5, 0.6) is 0 Å². The van der Waals surface area contributed by atoms with Gasteiger partial charge >= 0.3 is 6.09 Å². The molecule has 3 heterocycles. The van der Waals surface area contributed by atoms with Crippen LogP contribution in [0.25, 0.3) is 16.4 Å². The number of carbonyl (C=O) groups is 1. The van der Waals surface area contributed by atoms with Gasteiger partial charge in [-0.05, 0) is 38.0 Å². The summed E-state index contributed by atoms with van der Waals surface area (Å²) < 4.78 is 7.66. The lowest BCUT2D eigenvalue weighted by atomic mass is 9.80. The Balaban J connectivity index is 1.32. The van der Waals surface area contributed by atoms with E-state index >= 15 is 0 Å². The Hall–Kier alpha value is -3.75. The van der Waals surface area contributed by atoms with Crippen LogP contribution in [-0.2, 0) is 10.3 Å². The van der Waals surface area contributed by atoms with E-state index in [9.17, 15) is 14.7 Å². The van der Waals surface area contributed by atoms with E-state index < -0.39 is 17.3 Å². The van der Waals surface area contributed by atoms with E-state index in [0.29, 0.717) is 24.5 Å². The van der Waals surface area contributed by atoms with Gasteiger partial charge in [-0.15, -0.1) is 11.3 Å². The van der Waals surface area contributed by atoms with E-state index in [2.05, 4.69) is 4.98 Å². The maximum atomic E-state index is 13.3. The van der Waals surface area contributed by atoms with Crippen molar-refractivity contribution in [2.24, 2.45) is 0 Å². The summed E-state index contributed by atoms with van der Waals surface area (Å²) in [7, 11) is 0. The molecule has 8 heteroatoms. The molecule has 1 unspecified atom stereocenters. The van der Waals surface area contributed by atoms with Gasteiger partial charge in [-0.3, -0.25) is 9.36 Å². The van der Waals surface area contributed by atoms with Crippen molar-refractivity contribution in [3.8, 4) is 16.4 Å². The lowest BCUT2D eigenvalue weighted by Gasteiger charge is -2.45. The molecule has 7 nitrogen and oxygen atoms in total. The minimum Gasteiger partial charge on any atom is -0.438 e. The SMILES string of the molecule is C[C@@H](c1ccc(-c2csc(-n3ccccc3=O)n2)cc1)N1CCC(CC(C)(C)O)(c2ccccc2)OC1=O. The summed E-state index contributed by atoms with van der Waals surface area (Å²) in [6.07, 6.45) is 2.22. The molecule has 1 fully saturated rings. The number of aliphatic hydroxyl groups is 1. The van der Waals surface area contributed by atoms with Crippen molar-refractivity contribution in [1.82, 2.24) is 14.5 Å². The molecule has 196 valence electrons. The number of cyclic esters (lactones) is 1. The van der Waals surface area contributed by atoms with Crippen molar-refractivity contribution in [3.63, 3.8) is 0 Å². The first-order valence-corrected chi connectivity index (χ1v) is 13.5. The molecule has 0 bridgehead atoms. The van der Waals surface area contributed by atoms with Crippen LogP contribution in [0.2, 0.25) is 0 Å². The van der Waals surface area contributed by atoms with E-state index in [1.165, 1.54) is 22.0 Å². The number of amides is 1. The number of pyridine rings is 1. The van der Waals surface area contributed by atoms with Gasteiger partial charge in [0, 0.05) is 42.6 Å². The van der Waals surface area contributed by atoms with Crippen molar-refractivity contribution in [1.29, 1.82) is 0 Å². The summed E-state index contributed by atoms with van der Waals surface area (Å²) in [5.74, 6) is 0. The highest BCUT2D eigenvalue weighted by Crippen LogP contribution is 2.42. The van der Waals surface area contributed by atoms with E-state index in [-0.39, 0.29) is 11.6 Å². The van der Waals surface area contributed by atoms with Gasteiger partial charge in [0.2, 0.25) is 0 Å². The molecule has 38 heavy (non-hydrogen) atoms. The number of thiazole rings is 1. The molecule has 1 amide bonds. The standard InChI is InChI=1S/C30H31N3O4S/c1-21(32-18-16-30(37-28(32)35,20-29(2,3)36)24-9-5-4-6-10-24)22-12-14-23(15-13-22)25-19-38-27(31-25)33-17-8-7-11-26(33)34/h4-15,17,19,21,36H,16,18,20H2,1-3H3/t21-,30?/m0/s1. The van der Waals surface area contributed by atoms with Crippen LogP contribution < -0.4 is 5.56 Å². The predicted octanol–water partition coefficient (Wildman–Crippen LogP) is 5.92. The Bertz CT molecular complexity index is 1470. The highest BCUT2D eigenvalue weighted by Gasteiger charge is 2.46. The zero-order valence-corrected chi connectivity index (χ0v) is 22.5. The monoisotopic (exact) mass is 529 g/mol. The minimum absolute atomic E-state index is 0.121. The molecule has 1 aliphatic heterocycles. The Morgan fingerprint density at radius 3 is 2.42 bits per heavy atom. The fourth-order valence-electron chi connectivity index (χ4n) is 5.10. The fraction of sp³-hybridized carbons (Fsp3) is 0.300. The first kappa shape index (κ1) is 25.9. The smallest absolute Gasteiger partial charge is 0.411 e. The average molecular weight is 530 g/mol. The fourth-order valence-corrected chi connectivity index (χ4v) is 5.92. The van der Waals surface area contributed by atoms with Gasteiger partial charge in [-0.25, -0.2) is 9.78 Å². The van der Waals surface area contributed by atoms with Gasteiger partial charge in [0.1, 0.15) is 5.60 Å². The van der Waals surface area contributed by atoms with Crippen LogP contribution in [0.1, 0.15) is 50.8 Å². The van der Waals surface area contributed by atoms with E-state index in [0.717, 1.165) is 22.4 Å². The second-order valence-electron chi connectivity index (χ2n) is 10.4. The van der Waals surface area contributed by atoms with Crippen LogP contribution in [0.4, 0.5) is 4.79 Å². The molecule has 2 aromatic carbocycles. The van der Waals surface area contributed by atoms with Crippen LogP contribution >= 0.6 is 11.3 Å². The molecule has 0 aliphatic carbocycles. The van der Waals surface area contributed by atoms with Crippen molar-refractivity contribution >= 4 is 17.4 Å². The largest absolute Gasteiger partial charge is 0.438 e. The average Bonchev–Trinajstić information content (AvgIpc) is 3.38. The van der Waals surface area contributed by atoms with Crippen LogP contribution in [-0.4, -0.2) is 37.8 Å². The summed E-state index contributed by atoms with van der Waals surface area (Å²) in [6, 6.07) is 22.5. The Kier molecular flexibility index (Phi) is 6.94. The zero-order chi connectivity index (χ0) is 26.9. The molecule has 4 aromatic rings. The molecule has 2 aromatic heterocycles. The predicted molar refractivity (Wildman–Crippen MR) is 148 cm³/mol. The van der Waals surface area contributed by atoms with Gasteiger partial charge in [-0.1, -0.05) is 60.7 Å². The number of carbonyl (C=O) groups excluding carboxylic acids is 1. The molecule has 1 aliphatic rings. The Morgan fingerprint density at radius 1 is 1.05 bits per heavy atom. The van der Waals surface area contributed by atoms with Gasteiger partial charge in [-0.2, -0.15) is 0 Å². The van der Waals surface area contributed by atoms with Crippen LogP contribution in [0, 0.1) is 0 Å². The van der Waals surface area contributed by atoms with E-state index in [1.54, 1.807) is 37.1 Å². The number of benzene rings is 2. The minimum atomic E-state index is -0.996. The summed E-state index contributed by atoms with van der Waals surface area (Å²) in [5.41, 5.74) is 1.61. The topological polar surface area (TPSA) is 84.7 Å². The molecule has 1 saturated heterocycles. The number of nitrogens with zero attached hydrogens (tertiary/aromatic N) is 3. The molecule has 0 saturated carbocycles. The van der Waals surface area contributed by atoms with Gasteiger partial charge in [0.15, 0.2) is 5.13 Å². The lowest BCUT2D eigenvalue weighted by Crippen LogP contribution is -2.51. The molecule has 1 N–H and O–H groups in total. The highest BCUT2D eigenvalue weighted by atomic mass is 32.1. The third kappa shape index (κ3) is 5.28. The molecular weight excluding hydrogens is 498 g/mol. The van der Waals surface area contributed by atoms with Crippen molar-refractivity contribution in [2.45, 2.75) is 50.9 Å². The van der Waals surface area contributed by atoms with Crippen LogP contribution in [0.3, 0.4) is 0 Å².